The van der Waals surface area contributed by atoms with Crippen molar-refractivity contribution < 1.29 is 19.5 Å². The molecule has 0 saturated heterocycles. The van der Waals surface area contributed by atoms with Gasteiger partial charge in [-0.2, -0.15) is 0 Å². The van der Waals surface area contributed by atoms with Crippen LogP contribution in [0.4, 0.5) is 0 Å². The summed E-state index contributed by atoms with van der Waals surface area (Å²) in [7, 11) is 0. The van der Waals surface area contributed by atoms with Crippen LogP contribution in [0.1, 0.15) is 36.4 Å². The molecule has 0 saturated carbocycles. The van der Waals surface area contributed by atoms with Crippen molar-refractivity contribution in [1.82, 2.24) is 10.6 Å². The minimum Gasteiger partial charge on any atom is -0.480 e. The van der Waals surface area contributed by atoms with Gasteiger partial charge in [0, 0.05) is 13.0 Å². The van der Waals surface area contributed by atoms with Gasteiger partial charge in [0.25, 0.3) is 5.91 Å². The molecule has 0 spiro atoms. The van der Waals surface area contributed by atoms with Gasteiger partial charge in [-0.3, -0.25) is 9.59 Å². The SMILES string of the molecule is CCC(C)[C@H](NC(=O)CCNC(=O)c1cccs1)C(=O)O. The van der Waals surface area contributed by atoms with Crippen LogP contribution in [0.3, 0.4) is 0 Å². The molecule has 0 aromatic carbocycles. The molecule has 0 aliphatic rings. The maximum Gasteiger partial charge on any atom is 0.326 e. The first-order valence-corrected chi connectivity index (χ1v) is 7.67. The maximum absolute atomic E-state index is 11.7. The molecule has 21 heavy (non-hydrogen) atoms. The molecule has 1 rings (SSSR count). The Morgan fingerprint density at radius 3 is 2.62 bits per heavy atom. The zero-order chi connectivity index (χ0) is 15.8. The minimum absolute atomic E-state index is 0.0529. The van der Waals surface area contributed by atoms with Crippen molar-refractivity contribution in [2.45, 2.75) is 32.7 Å². The van der Waals surface area contributed by atoms with Gasteiger partial charge in [-0.05, 0) is 17.4 Å². The van der Waals surface area contributed by atoms with Gasteiger partial charge >= 0.3 is 5.97 Å². The highest BCUT2D eigenvalue weighted by Crippen LogP contribution is 2.09. The third kappa shape index (κ3) is 5.55. The van der Waals surface area contributed by atoms with Crippen LogP contribution in [0.15, 0.2) is 17.5 Å². The first kappa shape index (κ1) is 17.2. The number of carboxylic acids is 1. The van der Waals surface area contributed by atoms with Gasteiger partial charge in [0.15, 0.2) is 0 Å². The maximum atomic E-state index is 11.7. The largest absolute Gasteiger partial charge is 0.480 e. The molecule has 1 aromatic heterocycles. The van der Waals surface area contributed by atoms with Gasteiger partial charge in [0.05, 0.1) is 4.88 Å². The van der Waals surface area contributed by atoms with Crippen LogP contribution >= 0.6 is 11.3 Å². The molecule has 1 aromatic rings. The molecule has 116 valence electrons. The van der Waals surface area contributed by atoms with Crippen molar-refractivity contribution in [3.8, 4) is 0 Å². The van der Waals surface area contributed by atoms with Crippen molar-refractivity contribution in [2.75, 3.05) is 6.54 Å². The topological polar surface area (TPSA) is 95.5 Å². The molecule has 1 unspecified atom stereocenters. The highest BCUT2D eigenvalue weighted by molar-refractivity contribution is 7.12. The summed E-state index contributed by atoms with van der Waals surface area (Å²) in [5.74, 6) is -1.80. The van der Waals surface area contributed by atoms with E-state index in [9.17, 15) is 14.4 Å². The number of amides is 2. The molecule has 6 nitrogen and oxygen atoms in total. The van der Waals surface area contributed by atoms with Crippen LogP contribution < -0.4 is 10.6 Å². The lowest BCUT2D eigenvalue weighted by Gasteiger charge is -2.20. The molecule has 2 atom stereocenters. The minimum atomic E-state index is -1.04. The Hall–Kier alpha value is -1.89. The van der Waals surface area contributed by atoms with Crippen LogP contribution in [0.25, 0.3) is 0 Å². The number of carbonyl (C=O) groups is 3. The number of rotatable bonds is 8. The van der Waals surface area contributed by atoms with Gasteiger partial charge < -0.3 is 15.7 Å². The number of thiophene rings is 1. The van der Waals surface area contributed by atoms with Crippen LogP contribution in [-0.2, 0) is 9.59 Å². The van der Waals surface area contributed by atoms with Crippen LogP contribution in [-0.4, -0.2) is 35.5 Å². The van der Waals surface area contributed by atoms with Crippen molar-refractivity contribution in [3.63, 3.8) is 0 Å². The van der Waals surface area contributed by atoms with E-state index in [1.807, 2.05) is 6.92 Å². The fraction of sp³-hybridized carbons (Fsp3) is 0.500. The zero-order valence-corrected chi connectivity index (χ0v) is 12.9. The fourth-order valence-corrected chi connectivity index (χ4v) is 2.35. The fourth-order valence-electron chi connectivity index (χ4n) is 1.71. The van der Waals surface area contributed by atoms with E-state index in [0.29, 0.717) is 11.3 Å². The number of carboxylic acid groups (broad SMARTS) is 1. The lowest BCUT2D eigenvalue weighted by atomic mass is 9.99. The summed E-state index contributed by atoms with van der Waals surface area (Å²) in [5.41, 5.74) is 0. The molecule has 0 fully saturated rings. The van der Waals surface area contributed by atoms with Gasteiger partial charge in [-0.1, -0.05) is 26.3 Å². The van der Waals surface area contributed by atoms with Crippen LogP contribution in [0.2, 0.25) is 0 Å². The van der Waals surface area contributed by atoms with Crippen molar-refractivity contribution >= 4 is 29.1 Å². The smallest absolute Gasteiger partial charge is 0.326 e. The molecular formula is C14H20N2O4S. The van der Waals surface area contributed by atoms with Gasteiger partial charge in [-0.15, -0.1) is 11.3 Å². The summed E-state index contributed by atoms with van der Waals surface area (Å²) in [6, 6.07) is 2.58. The van der Waals surface area contributed by atoms with E-state index in [1.54, 1.807) is 24.4 Å². The second-order valence-electron chi connectivity index (χ2n) is 4.75. The predicted octanol–water partition coefficient (Wildman–Crippen LogP) is 1.48. The van der Waals surface area contributed by atoms with Crippen molar-refractivity contribution in [1.29, 1.82) is 0 Å². The number of hydrogen-bond donors (Lipinski definition) is 3. The lowest BCUT2D eigenvalue weighted by molar-refractivity contribution is -0.143. The molecule has 0 aliphatic heterocycles. The summed E-state index contributed by atoms with van der Waals surface area (Å²) in [6.07, 6.45) is 0.712. The van der Waals surface area contributed by atoms with E-state index in [-0.39, 0.29) is 30.7 Å². The number of hydrogen-bond acceptors (Lipinski definition) is 4. The molecule has 0 bridgehead atoms. The number of nitrogens with one attached hydrogen (secondary N) is 2. The lowest BCUT2D eigenvalue weighted by Crippen LogP contribution is -2.45. The van der Waals surface area contributed by atoms with Gasteiger partial charge in [0.1, 0.15) is 6.04 Å². The normalized spacial score (nSPS) is 13.2. The molecule has 3 N–H and O–H groups in total. The Morgan fingerprint density at radius 2 is 2.10 bits per heavy atom. The standard InChI is InChI=1S/C14H20N2O4S/c1-3-9(2)12(14(19)20)16-11(17)6-7-15-13(18)10-5-4-8-21-10/h4-5,8-9,12H,3,6-7H2,1-2H3,(H,15,18)(H,16,17)(H,19,20)/t9?,12-/m0/s1. The molecule has 2 amide bonds. The Kier molecular flexibility index (Phi) is 6.87. The molecule has 1 heterocycles. The van der Waals surface area contributed by atoms with E-state index in [1.165, 1.54) is 11.3 Å². The zero-order valence-electron chi connectivity index (χ0n) is 12.1. The van der Waals surface area contributed by atoms with Crippen LogP contribution in [0.5, 0.6) is 0 Å². The predicted molar refractivity (Wildman–Crippen MR) is 80.3 cm³/mol. The summed E-state index contributed by atoms with van der Waals surface area (Å²) in [5, 5.41) is 16.0. The van der Waals surface area contributed by atoms with E-state index in [2.05, 4.69) is 10.6 Å². The molecular weight excluding hydrogens is 292 g/mol. The molecule has 0 aliphatic carbocycles. The molecule has 0 radical (unpaired) electrons. The third-order valence-electron chi connectivity index (χ3n) is 3.18. The van der Waals surface area contributed by atoms with Crippen molar-refractivity contribution in [3.05, 3.63) is 22.4 Å². The second-order valence-corrected chi connectivity index (χ2v) is 5.70. The first-order chi connectivity index (χ1) is 9.95. The summed E-state index contributed by atoms with van der Waals surface area (Å²) >= 11 is 1.32. The average molecular weight is 312 g/mol. The van der Waals surface area contributed by atoms with Gasteiger partial charge in [0.2, 0.25) is 5.91 Å². The summed E-state index contributed by atoms with van der Waals surface area (Å²) < 4.78 is 0. The first-order valence-electron chi connectivity index (χ1n) is 6.79. The van der Waals surface area contributed by atoms with E-state index >= 15 is 0 Å². The highest BCUT2D eigenvalue weighted by Gasteiger charge is 2.24. The quantitative estimate of drug-likeness (QED) is 0.677. The van der Waals surface area contributed by atoms with Crippen molar-refractivity contribution in [2.24, 2.45) is 5.92 Å². The average Bonchev–Trinajstić information content (AvgIpc) is 2.97. The highest BCUT2D eigenvalue weighted by atomic mass is 32.1. The summed E-state index contributed by atoms with van der Waals surface area (Å²) in [6.45, 7) is 3.82. The molecule has 7 heteroatoms. The Balaban J connectivity index is 2.36. The second kappa shape index (κ2) is 8.41. The Bertz CT molecular complexity index is 487. The Morgan fingerprint density at radius 1 is 1.38 bits per heavy atom. The Labute approximate surface area is 127 Å². The monoisotopic (exact) mass is 312 g/mol. The third-order valence-corrected chi connectivity index (χ3v) is 4.05. The van der Waals surface area contributed by atoms with Gasteiger partial charge in [-0.25, -0.2) is 4.79 Å². The summed E-state index contributed by atoms with van der Waals surface area (Å²) in [4.78, 5) is 35.0. The number of aliphatic carboxylic acids is 1. The number of carbonyl (C=O) groups excluding carboxylic acids is 2. The van der Waals surface area contributed by atoms with E-state index < -0.39 is 12.0 Å². The van der Waals surface area contributed by atoms with E-state index in [4.69, 9.17) is 5.11 Å². The van der Waals surface area contributed by atoms with E-state index in [0.717, 1.165) is 0 Å². The van der Waals surface area contributed by atoms with Crippen LogP contribution in [0, 0.1) is 5.92 Å².